The number of phosphoric acid groups is 1. The van der Waals surface area contributed by atoms with Crippen molar-refractivity contribution >= 4 is 19.0 Å². The number of hydrogen-bond acceptors (Lipinski definition) is 7. The molecular formula is C11H16N5O6P. The summed E-state index contributed by atoms with van der Waals surface area (Å²) in [6, 6.07) is 0. The lowest BCUT2D eigenvalue weighted by atomic mass is 10.2. The molecule has 0 unspecified atom stereocenters. The number of phosphoric ester groups is 1. The lowest BCUT2D eigenvalue weighted by Crippen LogP contribution is -2.25. The summed E-state index contributed by atoms with van der Waals surface area (Å²) in [5.74, 6) is 0. The molecule has 0 aliphatic carbocycles. The first-order valence-corrected chi connectivity index (χ1v) is 8.25. The normalized spacial score (nSPS) is 25.3. The van der Waals surface area contributed by atoms with Crippen LogP contribution < -0.4 is 5.49 Å². The van der Waals surface area contributed by atoms with Gasteiger partial charge in [-0.25, -0.2) is 14.5 Å². The van der Waals surface area contributed by atoms with E-state index in [0.717, 1.165) is 0 Å². The number of aryl methyl sites for hydroxylation is 1. The Balaban J connectivity index is 1.85. The summed E-state index contributed by atoms with van der Waals surface area (Å²) >= 11 is 0. The average Bonchev–Trinajstić information content (AvgIpc) is 3.04. The van der Waals surface area contributed by atoms with Gasteiger partial charge in [-0.2, -0.15) is 0 Å². The van der Waals surface area contributed by atoms with Gasteiger partial charge in [-0.1, -0.05) is 0 Å². The largest absolute Gasteiger partial charge is 0.469 e. The van der Waals surface area contributed by atoms with E-state index in [1.54, 1.807) is 16.2 Å². The first kappa shape index (κ1) is 16.2. The third kappa shape index (κ3) is 3.20. The van der Waals surface area contributed by atoms with Crippen LogP contribution in [0.5, 0.6) is 0 Å². The highest BCUT2D eigenvalue weighted by atomic mass is 31.2. The van der Waals surface area contributed by atoms with Gasteiger partial charge in [-0.3, -0.25) is 14.5 Å². The Morgan fingerprint density at radius 2 is 2.22 bits per heavy atom. The lowest BCUT2D eigenvalue weighted by molar-refractivity contribution is -0.0425. The summed E-state index contributed by atoms with van der Waals surface area (Å²) < 4.78 is 24.1. The predicted molar refractivity (Wildman–Crippen MR) is 74.9 cm³/mol. The van der Waals surface area contributed by atoms with Gasteiger partial charge in [0.1, 0.15) is 23.5 Å². The number of hydrogen-bond donors (Lipinski definition) is 4. The summed E-state index contributed by atoms with van der Waals surface area (Å²) in [5, 5.41) is 17.8. The second-order valence-electron chi connectivity index (χ2n) is 5.25. The van der Waals surface area contributed by atoms with Gasteiger partial charge in [0, 0.05) is 13.5 Å². The molecule has 3 heterocycles. The van der Waals surface area contributed by atoms with Gasteiger partial charge in [0.2, 0.25) is 0 Å². The van der Waals surface area contributed by atoms with Crippen LogP contribution in [-0.4, -0.2) is 52.8 Å². The van der Waals surface area contributed by atoms with Gasteiger partial charge in [0.15, 0.2) is 5.49 Å². The molecule has 0 saturated carbocycles. The number of rotatable bonds is 4. The molecule has 3 atom stereocenters. The van der Waals surface area contributed by atoms with Crippen LogP contribution in [0, 0.1) is 5.41 Å². The highest BCUT2D eigenvalue weighted by Gasteiger charge is 2.37. The second kappa shape index (κ2) is 5.78. The van der Waals surface area contributed by atoms with Gasteiger partial charge < -0.3 is 24.2 Å². The van der Waals surface area contributed by atoms with Crippen molar-refractivity contribution in [2.75, 3.05) is 6.61 Å². The van der Waals surface area contributed by atoms with Crippen LogP contribution in [0.3, 0.4) is 0 Å². The summed E-state index contributed by atoms with van der Waals surface area (Å²) in [5.41, 5.74) is 1.01. The molecule has 0 amide bonds. The molecule has 0 bridgehead atoms. The summed E-state index contributed by atoms with van der Waals surface area (Å²) in [6.45, 7) is -0.425. The van der Waals surface area contributed by atoms with Crippen molar-refractivity contribution < 1.29 is 28.7 Å². The Bertz CT molecular complexity index is 828. The quantitative estimate of drug-likeness (QED) is 0.515. The molecule has 0 spiro atoms. The first-order valence-electron chi connectivity index (χ1n) is 6.72. The third-order valence-corrected chi connectivity index (χ3v) is 4.09. The highest BCUT2D eigenvalue weighted by Crippen LogP contribution is 2.38. The molecular weight excluding hydrogens is 329 g/mol. The molecule has 2 aromatic heterocycles. The maximum absolute atomic E-state index is 10.8. The van der Waals surface area contributed by atoms with Gasteiger partial charge >= 0.3 is 7.82 Å². The molecule has 12 heteroatoms. The van der Waals surface area contributed by atoms with Gasteiger partial charge in [-0.05, 0) is 0 Å². The number of imidazole rings is 1. The van der Waals surface area contributed by atoms with Crippen molar-refractivity contribution in [3.8, 4) is 0 Å². The molecule has 126 valence electrons. The van der Waals surface area contributed by atoms with E-state index < -0.39 is 32.9 Å². The van der Waals surface area contributed by atoms with Crippen LogP contribution in [-0.2, 0) is 20.9 Å². The van der Waals surface area contributed by atoms with Crippen LogP contribution in [0.1, 0.15) is 12.6 Å². The minimum atomic E-state index is -4.63. The number of nitrogens with one attached hydrogen (secondary N) is 1. The first-order chi connectivity index (χ1) is 10.8. The summed E-state index contributed by atoms with van der Waals surface area (Å²) in [4.78, 5) is 25.5. The lowest BCUT2D eigenvalue weighted by Gasteiger charge is -2.17. The van der Waals surface area contributed by atoms with Gasteiger partial charge in [-0.15, -0.1) is 0 Å². The molecule has 0 radical (unpaired) electrons. The smallest absolute Gasteiger partial charge is 0.390 e. The number of ether oxygens (including phenoxy) is 1. The van der Waals surface area contributed by atoms with Gasteiger partial charge in [0.05, 0.1) is 25.4 Å². The number of nitrogens with zero attached hydrogens (tertiary/aromatic N) is 4. The van der Waals surface area contributed by atoms with Crippen molar-refractivity contribution in [2.45, 2.75) is 24.9 Å². The molecule has 23 heavy (non-hydrogen) atoms. The molecule has 1 aliphatic rings. The van der Waals surface area contributed by atoms with E-state index in [0.29, 0.717) is 11.2 Å². The Kier molecular flexibility index (Phi) is 4.08. The minimum Gasteiger partial charge on any atom is -0.390 e. The van der Waals surface area contributed by atoms with E-state index in [9.17, 15) is 9.67 Å². The Hall–Kier alpha value is -1.62. The number of aliphatic hydroxyl groups excluding tert-OH is 1. The maximum Gasteiger partial charge on any atom is 0.469 e. The minimum absolute atomic E-state index is 0.0248. The monoisotopic (exact) mass is 345 g/mol. The maximum atomic E-state index is 10.8. The number of aliphatic hydroxyl groups is 1. The molecule has 1 fully saturated rings. The Morgan fingerprint density at radius 1 is 1.48 bits per heavy atom. The van der Waals surface area contributed by atoms with Crippen molar-refractivity contribution in [1.82, 2.24) is 19.1 Å². The van der Waals surface area contributed by atoms with E-state index in [1.165, 1.54) is 12.7 Å². The van der Waals surface area contributed by atoms with Crippen molar-refractivity contribution in [2.24, 2.45) is 7.05 Å². The standard InChI is InChI=1S/C11H16N5O6P/c1-15-4-14-10(12)9-11(15)16(5-13-9)8-2-6(17)7(22-8)3-21-23(18,19)20/h4-8,12,17H,2-3H2,1H3,(H2,18,19,20)/t6-,7+,8+/m0/s1. The number of fused-ring (bicyclic) bond motifs is 1. The Labute approximate surface area is 129 Å². The molecule has 3 rings (SSSR count). The molecule has 4 N–H and O–H groups in total. The summed E-state index contributed by atoms with van der Waals surface area (Å²) in [6.07, 6.45) is 0.764. The molecule has 2 aromatic rings. The summed E-state index contributed by atoms with van der Waals surface area (Å²) in [7, 11) is -2.88. The fraction of sp³-hybridized carbons (Fsp3) is 0.545. The number of aromatic nitrogens is 4. The molecule has 1 saturated heterocycles. The highest BCUT2D eigenvalue weighted by molar-refractivity contribution is 7.46. The molecule has 1 aliphatic heterocycles. The van der Waals surface area contributed by atoms with Crippen molar-refractivity contribution in [3.63, 3.8) is 0 Å². The van der Waals surface area contributed by atoms with Crippen molar-refractivity contribution in [1.29, 1.82) is 5.41 Å². The van der Waals surface area contributed by atoms with Crippen LogP contribution in [0.4, 0.5) is 0 Å². The van der Waals surface area contributed by atoms with Gasteiger partial charge in [0.25, 0.3) is 0 Å². The molecule has 0 aromatic carbocycles. The zero-order chi connectivity index (χ0) is 16.8. The van der Waals surface area contributed by atoms with Crippen LogP contribution in [0.2, 0.25) is 0 Å². The van der Waals surface area contributed by atoms with Crippen LogP contribution in [0.15, 0.2) is 12.7 Å². The zero-order valence-corrected chi connectivity index (χ0v) is 13.0. The zero-order valence-electron chi connectivity index (χ0n) is 12.1. The van der Waals surface area contributed by atoms with Crippen LogP contribution >= 0.6 is 7.82 Å². The van der Waals surface area contributed by atoms with Crippen molar-refractivity contribution in [3.05, 3.63) is 18.1 Å². The Morgan fingerprint density at radius 3 is 2.91 bits per heavy atom. The van der Waals surface area contributed by atoms with E-state index in [1.807, 2.05) is 0 Å². The average molecular weight is 345 g/mol. The topological polar surface area (TPSA) is 156 Å². The third-order valence-electron chi connectivity index (χ3n) is 3.61. The van der Waals surface area contributed by atoms with E-state index in [4.69, 9.17) is 19.9 Å². The fourth-order valence-electron chi connectivity index (χ4n) is 2.55. The van der Waals surface area contributed by atoms with E-state index in [-0.39, 0.29) is 11.9 Å². The molecule has 11 nitrogen and oxygen atoms in total. The van der Waals surface area contributed by atoms with E-state index >= 15 is 0 Å². The SMILES string of the molecule is Cn1cnc(=N)c2ncn([C@H]3C[C@H](O)[C@@H](COP(=O)(O)O)O3)c21. The fourth-order valence-corrected chi connectivity index (χ4v) is 2.89. The second-order valence-corrected chi connectivity index (χ2v) is 6.49. The predicted octanol–water partition coefficient (Wildman–Crippen LogP) is -0.993. The van der Waals surface area contributed by atoms with Crippen LogP contribution in [0.25, 0.3) is 11.2 Å². The van der Waals surface area contributed by atoms with E-state index in [2.05, 4.69) is 14.5 Å².